The second-order valence-corrected chi connectivity index (χ2v) is 9.45. The summed E-state index contributed by atoms with van der Waals surface area (Å²) in [6, 6.07) is 15.7. The second kappa shape index (κ2) is 12.8. The van der Waals surface area contributed by atoms with E-state index in [9.17, 15) is 8.42 Å². The molecule has 0 bridgehead atoms. The molecule has 2 rings (SSSR count). The molecule has 30 heavy (non-hydrogen) atoms. The topological polar surface area (TPSA) is 79.8 Å². The van der Waals surface area contributed by atoms with Gasteiger partial charge in [-0.2, -0.15) is 0 Å². The fourth-order valence-corrected chi connectivity index (χ4v) is 3.50. The summed E-state index contributed by atoms with van der Waals surface area (Å²) >= 11 is 0. The van der Waals surface area contributed by atoms with Gasteiger partial charge in [0.1, 0.15) is 21.3 Å². The maximum atomic E-state index is 11.4. The zero-order chi connectivity index (χ0) is 21.3. The van der Waals surface area contributed by atoms with Gasteiger partial charge in [-0.3, -0.25) is 0 Å². The van der Waals surface area contributed by atoms with Gasteiger partial charge in [-0.05, 0) is 51.0 Å². The van der Waals surface area contributed by atoms with Gasteiger partial charge in [0.15, 0.2) is 5.96 Å². The average Bonchev–Trinajstić information content (AvgIpc) is 2.65. The maximum Gasteiger partial charge on any atom is 0.191 e. The van der Waals surface area contributed by atoms with E-state index in [1.165, 1.54) is 6.26 Å². The predicted molar refractivity (Wildman–Crippen MR) is 135 cm³/mol. The molecule has 0 aliphatic carbocycles. The van der Waals surface area contributed by atoms with Crippen molar-refractivity contribution in [2.24, 2.45) is 4.99 Å². The number of benzene rings is 2. The molecule has 2 aromatic carbocycles. The first-order valence-electron chi connectivity index (χ1n) is 9.82. The SMILES string of the molecule is CCNC(=NCc1ccccc1Oc1cccc(C)c1)NC(C)CCS(C)(=O)=O.I. The number of sulfone groups is 1. The third-order valence-corrected chi connectivity index (χ3v) is 5.22. The first-order chi connectivity index (χ1) is 13.8. The maximum absolute atomic E-state index is 11.4. The highest BCUT2D eigenvalue weighted by Gasteiger charge is 2.10. The summed E-state index contributed by atoms with van der Waals surface area (Å²) in [4.78, 5) is 4.65. The van der Waals surface area contributed by atoms with Gasteiger partial charge in [0.2, 0.25) is 0 Å². The average molecular weight is 545 g/mol. The van der Waals surface area contributed by atoms with Crippen molar-refractivity contribution in [1.82, 2.24) is 10.6 Å². The minimum absolute atomic E-state index is 0. The number of aliphatic imine (C=N–C) groups is 1. The molecule has 0 spiro atoms. The van der Waals surface area contributed by atoms with Gasteiger partial charge in [0.25, 0.3) is 0 Å². The Morgan fingerprint density at radius 2 is 1.90 bits per heavy atom. The highest BCUT2D eigenvalue weighted by atomic mass is 127. The van der Waals surface area contributed by atoms with Gasteiger partial charge in [0, 0.05) is 24.4 Å². The molecule has 6 nitrogen and oxygen atoms in total. The lowest BCUT2D eigenvalue weighted by Gasteiger charge is -2.18. The number of rotatable bonds is 9. The van der Waals surface area contributed by atoms with Gasteiger partial charge in [-0.25, -0.2) is 13.4 Å². The predicted octanol–water partition coefficient (Wildman–Crippen LogP) is 4.28. The summed E-state index contributed by atoms with van der Waals surface area (Å²) in [6.07, 6.45) is 1.78. The molecule has 0 aromatic heterocycles. The molecular formula is C22H32IN3O3S. The van der Waals surface area contributed by atoms with E-state index in [1.807, 2.05) is 69.3 Å². The van der Waals surface area contributed by atoms with Crippen LogP contribution in [0, 0.1) is 6.92 Å². The number of hydrogen-bond acceptors (Lipinski definition) is 4. The number of guanidine groups is 1. The normalized spacial score (nSPS) is 12.6. The van der Waals surface area contributed by atoms with Crippen LogP contribution in [0.4, 0.5) is 0 Å². The highest BCUT2D eigenvalue weighted by molar-refractivity contribution is 14.0. The minimum Gasteiger partial charge on any atom is -0.457 e. The molecule has 2 aromatic rings. The van der Waals surface area contributed by atoms with Crippen LogP contribution in [0.25, 0.3) is 0 Å². The van der Waals surface area contributed by atoms with Crippen molar-refractivity contribution in [2.45, 2.75) is 39.8 Å². The second-order valence-electron chi connectivity index (χ2n) is 7.19. The van der Waals surface area contributed by atoms with Gasteiger partial charge < -0.3 is 15.4 Å². The first-order valence-corrected chi connectivity index (χ1v) is 11.9. The van der Waals surface area contributed by atoms with Crippen LogP contribution in [0.5, 0.6) is 11.5 Å². The molecule has 1 atom stereocenters. The van der Waals surface area contributed by atoms with E-state index < -0.39 is 9.84 Å². The molecule has 8 heteroatoms. The zero-order valence-electron chi connectivity index (χ0n) is 18.0. The van der Waals surface area contributed by atoms with E-state index in [0.717, 1.165) is 22.6 Å². The van der Waals surface area contributed by atoms with Crippen LogP contribution >= 0.6 is 24.0 Å². The smallest absolute Gasteiger partial charge is 0.191 e. The summed E-state index contributed by atoms with van der Waals surface area (Å²) in [7, 11) is -2.98. The number of halogens is 1. The Morgan fingerprint density at radius 1 is 1.17 bits per heavy atom. The molecule has 0 saturated carbocycles. The van der Waals surface area contributed by atoms with E-state index in [4.69, 9.17) is 4.74 Å². The Labute approximate surface area is 197 Å². The zero-order valence-corrected chi connectivity index (χ0v) is 21.2. The summed E-state index contributed by atoms with van der Waals surface area (Å²) < 4.78 is 28.8. The lowest BCUT2D eigenvalue weighted by molar-refractivity contribution is 0.476. The number of nitrogens with one attached hydrogen (secondary N) is 2. The number of aryl methyl sites for hydroxylation is 1. The van der Waals surface area contributed by atoms with Crippen molar-refractivity contribution < 1.29 is 13.2 Å². The quantitative estimate of drug-likeness (QED) is 0.279. The van der Waals surface area contributed by atoms with Crippen molar-refractivity contribution in [3.05, 3.63) is 59.7 Å². The monoisotopic (exact) mass is 545 g/mol. The Balaban J connectivity index is 0.00000450. The largest absolute Gasteiger partial charge is 0.457 e. The van der Waals surface area contributed by atoms with Gasteiger partial charge >= 0.3 is 0 Å². The van der Waals surface area contributed by atoms with E-state index in [-0.39, 0.29) is 35.8 Å². The van der Waals surface area contributed by atoms with Gasteiger partial charge in [0.05, 0.1) is 12.3 Å². The highest BCUT2D eigenvalue weighted by Crippen LogP contribution is 2.26. The molecule has 0 heterocycles. The van der Waals surface area contributed by atoms with Gasteiger partial charge in [-0.15, -0.1) is 24.0 Å². The van der Waals surface area contributed by atoms with Crippen molar-refractivity contribution >= 4 is 39.8 Å². The van der Waals surface area contributed by atoms with E-state index in [2.05, 4.69) is 15.6 Å². The Morgan fingerprint density at radius 3 is 2.57 bits per heavy atom. The fraction of sp³-hybridized carbons (Fsp3) is 0.409. The van der Waals surface area contributed by atoms with Crippen molar-refractivity contribution in [1.29, 1.82) is 0 Å². The molecule has 0 saturated heterocycles. The number of para-hydroxylation sites is 1. The van der Waals surface area contributed by atoms with Crippen LogP contribution < -0.4 is 15.4 Å². The molecule has 166 valence electrons. The molecular weight excluding hydrogens is 513 g/mol. The molecule has 2 N–H and O–H groups in total. The lowest BCUT2D eigenvalue weighted by atomic mass is 10.2. The number of hydrogen-bond donors (Lipinski definition) is 2. The van der Waals surface area contributed by atoms with Crippen LogP contribution in [0.15, 0.2) is 53.5 Å². The minimum atomic E-state index is -2.98. The number of ether oxygens (including phenoxy) is 1. The molecule has 0 radical (unpaired) electrons. The van der Waals surface area contributed by atoms with Crippen molar-refractivity contribution in [2.75, 3.05) is 18.6 Å². The fourth-order valence-electron chi connectivity index (χ4n) is 2.72. The molecule has 0 fully saturated rings. The van der Waals surface area contributed by atoms with Crippen molar-refractivity contribution in [3.63, 3.8) is 0 Å². The molecule has 0 aliphatic rings. The first kappa shape index (κ1) is 26.2. The third kappa shape index (κ3) is 9.80. The van der Waals surface area contributed by atoms with E-state index >= 15 is 0 Å². The van der Waals surface area contributed by atoms with E-state index in [0.29, 0.717) is 25.5 Å². The Bertz CT molecular complexity index is 933. The van der Waals surface area contributed by atoms with Crippen LogP contribution in [-0.2, 0) is 16.4 Å². The lowest BCUT2D eigenvalue weighted by Crippen LogP contribution is -2.42. The summed E-state index contributed by atoms with van der Waals surface area (Å²) in [6.45, 7) is 7.13. The van der Waals surface area contributed by atoms with Crippen LogP contribution in [0.2, 0.25) is 0 Å². The molecule has 1 unspecified atom stereocenters. The third-order valence-electron chi connectivity index (χ3n) is 4.25. The molecule has 0 aliphatic heterocycles. The summed E-state index contributed by atoms with van der Waals surface area (Å²) in [5.41, 5.74) is 2.11. The van der Waals surface area contributed by atoms with Crippen LogP contribution in [0.3, 0.4) is 0 Å². The van der Waals surface area contributed by atoms with Crippen LogP contribution in [0.1, 0.15) is 31.4 Å². The summed E-state index contributed by atoms with van der Waals surface area (Å²) in [5.74, 6) is 2.36. The van der Waals surface area contributed by atoms with E-state index in [1.54, 1.807) is 0 Å². The molecule has 0 amide bonds. The van der Waals surface area contributed by atoms with Gasteiger partial charge in [-0.1, -0.05) is 30.3 Å². The summed E-state index contributed by atoms with van der Waals surface area (Å²) in [5, 5.41) is 6.48. The van der Waals surface area contributed by atoms with Crippen molar-refractivity contribution in [3.8, 4) is 11.5 Å². The Hall–Kier alpha value is -1.81. The number of nitrogens with zero attached hydrogens (tertiary/aromatic N) is 1. The Kier molecular flexibility index (Phi) is 11.2. The van der Waals surface area contributed by atoms with Crippen LogP contribution in [-0.4, -0.2) is 39.0 Å². The standard InChI is InChI=1S/C22H31N3O3S.HI/c1-5-23-22(25-18(3)13-14-29(4,26)27)24-16-19-10-6-7-12-21(19)28-20-11-8-9-17(2)15-20;/h6-12,15,18H,5,13-14,16H2,1-4H3,(H2,23,24,25);1H.